The lowest BCUT2D eigenvalue weighted by atomic mass is 10.2. The lowest BCUT2D eigenvalue weighted by Crippen LogP contribution is -2.04. The lowest BCUT2D eigenvalue weighted by molar-refractivity contribution is 0.356. The number of halogens is 2. The van der Waals surface area contributed by atoms with E-state index in [2.05, 4.69) is 30.8 Å². The number of anilines is 4. The van der Waals surface area contributed by atoms with Crippen molar-refractivity contribution in [2.24, 2.45) is 0 Å². The summed E-state index contributed by atoms with van der Waals surface area (Å²) in [5.74, 6) is -0.516. The molecule has 0 aliphatic carbocycles. The largest absolute Gasteiger partial charge is 0.493 e. The number of hydrogen-bond acceptors (Lipinski definition) is 7. The van der Waals surface area contributed by atoms with Crippen molar-refractivity contribution in [1.29, 1.82) is 0 Å². The Morgan fingerprint density at radius 1 is 0.909 bits per heavy atom. The van der Waals surface area contributed by atoms with Gasteiger partial charge in [-0.2, -0.15) is 10.1 Å². The molecule has 0 amide bonds. The fourth-order valence-corrected chi connectivity index (χ4v) is 3.48. The first kappa shape index (κ1) is 20.4. The molecule has 5 rings (SSSR count). The Morgan fingerprint density at radius 2 is 1.73 bits per heavy atom. The second kappa shape index (κ2) is 8.23. The molecule has 0 saturated carbocycles. The highest BCUT2D eigenvalue weighted by Gasteiger charge is 2.16. The fraction of sp³-hybridized carbons (Fsp3) is 0.0870. The molecule has 8 nitrogen and oxygen atoms in total. The van der Waals surface area contributed by atoms with Crippen LogP contribution in [0.4, 0.5) is 31.9 Å². The molecule has 0 aliphatic rings. The summed E-state index contributed by atoms with van der Waals surface area (Å²) >= 11 is 0. The molecule has 5 aromatic rings. The van der Waals surface area contributed by atoms with E-state index in [1.54, 1.807) is 18.3 Å². The molecule has 0 aliphatic heterocycles. The minimum absolute atomic E-state index is 0.0751. The summed E-state index contributed by atoms with van der Waals surface area (Å²) in [7, 11) is 3.05. The topological polar surface area (TPSA) is 97.0 Å². The highest BCUT2D eigenvalue weighted by Crippen LogP contribution is 2.36. The van der Waals surface area contributed by atoms with E-state index in [1.807, 2.05) is 18.2 Å². The van der Waals surface area contributed by atoms with Crippen LogP contribution >= 0.6 is 0 Å². The van der Waals surface area contributed by atoms with E-state index in [-0.39, 0.29) is 11.6 Å². The first-order valence-corrected chi connectivity index (χ1v) is 9.90. The van der Waals surface area contributed by atoms with Crippen LogP contribution in [-0.4, -0.2) is 34.4 Å². The Morgan fingerprint density at radius 3 is 2.55 bits per heavy atom. The van der Waals surface area contributed by atoms with Gasteiger partial charge in [-0.15, -0.1) is 0 Å². The van der Waals surface area contributed by atoms with Crippen molar-refractivity contribution in [2.75, 3.05) is 24.9 Å². The third-order valence-electron chi connectivity index (χ3n) is 5.10. The molecule has 3 N–H and O–H groups in total. The normalized spacial score (nSPS) is 11.0. The van der Waals surface area contributed by atoms with Crippen LogP contribution < -0.4 is 20.1 Å². The van der Waals surface area contributed by atoms with E-state index in [0.29, 0.717) is 28.2 Å². The molecule has 2 heterocycles. The summed E-state index contributed by atoms with van der Waals surface area (Å²) < 4.78 is 38.7. The van der Waals surface area contributed by atoms with Crippen LogP contribution in [0, 0.1) is 11.6 Å². The predicted octanol–water partition coefficient (Wildman–Crippen LogP) is 5.29. The van der Waals surface area contributed by atoms with Gasteiger partial charge in [-0.05, 0) is 36.4 Å². The Hall–Kier alpha value is -4.47. The number of aromatic amines is 1. The van der Waals surface area contributed by atoms with Gasteiger partial charge in [0.05, 0.1) is 37.1 Å². The molecule has 0 fully saturated rings. The van der Waals surface area contributed by atoms with Gasteiger partial charge in [0.2, 0.25) is 5.95 Å². The molecule has 166 valence electrons. The molecule has 3 aromatic carbocycles. The zero-order valence-electron chi connectivity index (χ0n) is 17.6. The minimum Gasteiger partial charge on any atom is -0.493 e. The van der Waals surface area contributed by atoms with E-state index < -0.39 is 11.6 Å². The summed E-state index contributed by atoms with van der Waals surface area (Å²) in [5, 5.41) is 14.5. The zero-order valence-corrected chi connectivity index (χ0v) is 17.6. The maximum atomic E-state index is 14.2. The molecule has 0 radical (unpaired) electrons. The molecule has 33 heavy (non-hydrogen) atoms. The van der Waals surface area contributed by atoms with Crippen molar-refractivity contribution in [3.63, 3.8) is 0 Å². The number of benzene rings is 3. The van der Waals surface area contributed by atoms with Gasteiger partial charge in [0.1, 0.15) is 5.82 Å². The molecule has 0 spiro atoms. The van der Waals surface area contributed by atoms with Crippen LogP contribution in [0.1, 0.15) is 0 Å². The number of fused-ring (bicyclic) bond motifs is 2. The van der Waals surface area contributed by atoms with E-state index in [0.717, 1.165) is 22.7 Å². The van der Waals surface area contributed by atoms with Crippen molar-refractivity contribution >= 4 is 44.9 Å². The average Bonchev–Trinajstić information content (AvgIpc) is 3.29. The van der Waals surface area contributed by atoms with Gasteiger partial charge in [0.25, 0.3) is 0 Å². The van der Waals surface area contributed by atoms with E-state index in [4.69, 9.17) is 9.47 Å². The third kappa shape index (κ3) is 3.82. The van der Waals surface area contributed by atoms with Crippen molar-refractivity contribution in [3.8, 4) is 11.5 Å². The van der Waals surface area contributed by atoms with Gasteiger partial charge in [0.15, 0.2) is 23.1 Å². The maximum absolute atomic E-state index is 14.2. The second-order valence-electron chi connectivity index (χ2n) is 7.14. The van der Waals surface area contributed by atoms with E-state index in [9.17, 15) is 8.78 Å². The van der Waals surface area contributed by atoms with Crippen molar-refractivity contribution in [3.05, 3.63) is 66.4 Å². The summed E-state index contributed by atoms with van der Waals surface area (Å²) in [6.45, 7) is 0. The summed E-state index contributed by atoms with van der Waals surface area (Å²) in [4.78, 5) is 8.99. The molecular weight excluding hydrogens is 430 g/mol. The Balaban J connectivity index is 1.64. The highest BCUT2D eigenvalue weighted by atomic mass is 19.2. The molecule has 0 atom stereocenters. The molecular formula is C23H18F2N6O2. The van der Waals surface area contributed by atoms with Crippen molar-refractivity contribution in [1.82, 2.24) is 20.2 Å². The Bertz CT molecular complexity index is 1490. The summed E-state index contributed by atoms with van der Waals surface area (Å²) in [5.41, 5.74) is 2.07. The van der Waals surface area contributed by atoms with E-state index >= 15 is 0 Å². The van der Waals surface area contributed by atoms with Crippen molar-refractivity contribution < 1.29 is 18.3 Å². The number of methoxy groups -OCH3 is 2. The number of hydrogen-bond donors (Lipinski definition) is 3. The first-order chi connectivity index (χ1) is 16.1. The van der Waals surface area contributed by atoms with Crippen LogP contribution in [0.15, 0.2) is 54.7 Å². The Labute approximate surface area is 186 Å². The van der Waals surface area contributed by atoms with Gasteiger partial charge >= 0.3 is 0 Å². The van der Waals surface area contributed by atoms with E-state index in [1.165, 1.54) is 26.4 Å². The quantitative estimate of drug-likeness (QED) is 0.325. The SMILES string of the molecule is COc1cc2nc(Nc3cccc(F)c3F)nc(Nc3ccc4[nH]ncc4c3)c2cc1OC. The number of H-pyrrole nitrogens is 1. The second-order valence-corrected chi connectivity index (χ2v) is 7.14. The molecule has 2 aromatic heterocycles. The monoisotopic (exact) mass is 448 g/mol. The van der Waals surface area contributed by atoms with Crippen LogP contribution in [0.5, 0.6) is 11.5 Å². The number of ether oxygens (including phenoxy) is 2. The van der Waals surface area contributed by atoms with Gasteiger partial charge in [0, 0.05) is 22.5 Å². The summed E-state index contributed by atoms with van der Waals surface area (Å²) in [6.07, 6.45) is 1.71. The Kier molecular flexibility index (Phi) is 5.09. The molecule has 0 bridgehead atoms. The number of nitrogens with one attached hydrogen (secondary N) is 3. The standard InChI is InChI=1S/C23H18F2N6O2/c1-32-19-9-14-18(10-20(19)33-2)29-23(28-17-5-3-4-15(24)21(17)25)30-22(14)27-13-6-7-16-12(8-13)11-26-31-16/h3-11H,1-2H3,(H,26,31)(H2,27,28,29,30). The van der Waals surface area contributed by atoms with Crippen LogP contribution in [-0.2, 0) is 0 Å². The maximum Gasteiger partial charge on any atom is 0.229 e. The van der Waals surface area contributed by atoms with Gasteiger partial charge in [-0.25, -0.2) is 13.8 Å². The first-order valence-electron chi connectivity index (χ1n) is 9.90. The smallest absolute Gasteiger partial charge is 0.229 e. The lowest BCUT2D eigenvalue weighted by Gasteiger charge is -2.15. The third-order valence-corrected chi connectivity index (χ3v) is 5.10. The number of rotatable bonds is 6. The highest BCUT2D eigenvalue weighted by molar-refractivity contribution is 5.95. The van der Waals surface area contributed by atoms with Crippen LogP contribution in [0.25, 0.3) is 21.8 Å². The van der Waals surface area contributed by atoms with Crippen LogP contribution in [0.2, 0.25) is 0 Å². The zero-order chi connectivity index (χ0) is 22.9. The fourth-order valence-electron chi connectivity index (χ4n) is 3.48. The van der Waals surface area contributed by atoms with Crippen LogP contribution in [0.3, 0.4) is 0 Å². The average molecular weight is 448 g/mol. The van der Waals surface area contributed by atoms with Crippen molar-refractivity contribution in [2.45, 2.75) is 0 Å². The summed E-state index contributed by atoms with van der Waals surface area (Å²) in [6, 6.07) is 12.9. The predicted molar refractivity (Wildman–Crippen MR) is 122 cm³/mol. The van der Waals surface area contributed by atoms with Gasteiger partial charge < -0.3 is 20.1 Å². The number of aromatic nitrogens is 4. The minimum atomic E-state index is -1.02. The molecule has 0 unspecified atom stereocenters. The van der Waals surface area contributed by atoms with Gasteiger partial charge in [-0.3, -0.25) is 5.10 Å². The molecule has 10 heteroatoms. The van der Waals surface area contributed by atoms with Gasteiger partial charge in [-0.1, -0.05) is 6.07 Å². The molecule has 0 saturated heterocycles. The number of nitrogens with zero attached hydrogens (tertiary/aromatic N) is 3.